The van der Waals surface area contributed by atoms with Crippen LogP contribution in [0.4, 0.5) is 4.39 Å². The maximum absolute atomic E-state index is 13.4. The molecule has 0 bridgehead atoms. The molecular weight excluding hydrogens is 221 g/mol. The van der Waals surface area contributed by atoms with E-state index in [0.717, 1.165) is 4.88 Å². The molecular formula is C13H8FNS. The van der Waals surface area contributed by atoms with Crippen molar-refractivity contribution in [3.8, 4) is 6.07 Å². The van der Waals surface area contributed by atoms with E-state index in [1.807, 2.05) is 17.5 Å². The number of nitriles is 1. The van der Waals surface area contributed by atoms with Crippen LogP contribution in [0.1, 0.15) is 10.4 Å². The number of hydrogen-bond donors (Lipinski definition) is 0. The first kappa shape index (κ1) is 10.6. The molecule has 0 aliphatic rings. The number of halogens is 1. The van der Waals surface area contributed by atoms with Gasteiger partial charge in [0.15, 0.2) is 0 Å². The van der Waals surface area contributed by atoms with Gasteiger partial charge in [-0.3, -0.25) is 0 Å². The molecule has 0 saturated heterocycles. The number of allylic oxidation sites excluding steroid dienone is 1. The van der Waals surface area contributed by atoms with Crippen LogP contribution >= 0.6 is 11.3 Å². The van der Waals surface area contributed by atoms with Gasteiger partial charge in [-0.05, 0) is 23.6 Å². The third kappa shape index (κ3) is 2.18. The SMILES string of the molecule is N#C/C(=C\c1ccccc1F)c1cccs1. The van der Waals surface area contributed by atoms with E-state index in [9.17, 15) is 4.39 Å². The zero-order chi connectivity index (χ0) is 11.4. The summed E-state index contributed by atoms with van der Waals surface area (Å²) < 4.78 is 13.4. The van der Waals surface area contributed by atoms with E-state index in [2.05, 4.69) is 6.07 Å². The number of nitrogens with zero attached hydrogens (tertiary/aromatic N) is 1. The van der Waals surface area contributed by atoms with Crippen LogP contribution in [0, 0.1) is 17.1 Å². The van der Waals surface area contributed by atoms with Crippen LogP contribution in [0.3, 0.4) is 0 Å². The monoisotopic (exact) mass is 229 g/mol. The second kappa shape index (κ2) is 4.73. The van der Waals surface area contributed by atoms with E-state index in [-0.39, 0.29) is 5.82 Å². The molecule has 0 atom stereocenters. The van der Waals surface area contributed by atoms with Crippen LogP contribution in [0.15, 0.2) is 41.8 Å². The second-order valence-electron chi connectivity index (χ2n) is 3.17. The standard InChI is InChI=1S/C13H8FNS/c14-12-5-2-1-4-10(12)8-11(9-15)13-6-3-7-16-13/h1-8H/b11-8+. The molecule has 1 aromatic carbocycles. The van der Waals surface area contributed by atoms with Crippen LogP contribution in [-0.4, -0.2) is 0 Å². The Hall–Kier alpha value is -1.92. The maximum Gasteiger partial charge on any atom is 0.130 e. The minimum absolute atomic E-state index is 0.313. The highest BCUT2D eigenvalue weighted by Crippen LogP contribution is 2.22. The van der Waals surface area contributed by atoms with Gasteiger partial charge >= 0.3 is 0 Å². The Balaban J connectivity index is 2.44. The Bertz CT molecular complexity index is 550. The number of thiophene rings is 1. The molecule has 0 aliphatic heterocycles. The van der Waals surface area contributed by atoms with Gasteiger partial charge in [0, 0.05) is 10.4 Å². The van der Waals surface area contributed by atoms with Crippen molar-refractivity contribution in [3.63, 3.8) is 0 Å². The van der Waals surface area contributed by atoms with E-state index >= 15 is 0 Å². The fraction of sp³-hybridized carbons (Fsp3) is 0. The first-order valence-electron chi connectivity index (χ1n) is 4.71. The summed E-state index contributed by atoms with van der Waals surface area (Å²) in [5.74, 6) is -0.313. The molecule has 0 saturated carbocycles. The molecule has 0 unspecified atom stereocenters. The zero-order valence-electron chi connectivity index (χ0n) is 8.35. The van der Waals surface area contributed by atoms with Crippen LogP contribution in [0.25, 0.3) is 11.6 Å². The van der Waals surface area contributed by atoms with Gasteiger partial charge < -0.3 is 0 Å². The lowest BCUT2D eigenvalue weighted by Crippen LogP contribution is -1.82. The lowest BCUT2D eigenvalue weighted by molar-refractivity contribution is 0.625. The molecule has 16 heavy (non-hydrogen) atoms. The maximum atomic E-state index is 13.4. The predicted molar refractivity (Wildman–Crippen MR) is 64.2 cm³/mol. The quantitative estimate of drug-likeness (QED) is 0.715. The van der Waals surface area contributed by atoms with Crippen LogP contribution in [0.2, 0.25) is 0 Å². The Labute approximate surface area is 97.1 Å². The Morgan fingerprint density at radius 1 is 1.25 bits per heavy atom. The number of benzene rings is 1. The van der Waals surface area contributed by atoms with Gasteiger partial charge in [-0.25, -0.2) is 4.39 Å². The fourth-order valence-electron chi connectivity index (χ4n) is 1.34. The summed E-state index contributed by atoms with van der Waals surface area (Å²) in [4.78, 5) is 0.853. The summed E-state index contributed by atoms with van der Waals surface area (Å²) in [5, 5.41) is 10.9. The number of rotatable bonds is 2. The van der Waals surface area contributed by atoms with Crippen molar-refractivity contribution in [2.45, 2.75) is 0 Å². The van der Waals surface area contributed by atoms with E-state index in [0.29, 0.717) is 11.1 Å². The smallest absolute Gasteiger partial charge is 0.130 e. The Kier molecular flexibility index (Phi) is 3.13. The van der Waals surface area contributed by atoms with E-state index in [1.54, 1.807) is 24.3 Å². The van der Waals surface area contributed by atoms with Gasteiger partial charge in [0.05, 0.1) is 5.57 Å². The third-order valence-electron chi connectivity index (χ3n) is 2.11. The van der Waals surface area contributed by atoms with Crippen LogP contribution in [-0.2, 0) is 0 Å². The molecule has 0 radical (unpaired) electrons. The molecule has 1 heterocycles. The Morgan fingerprint density at radius 3 is 2.69 bits per heavy atom. The van der Waals surface area contributed by atoms with Crippen molar-refractivity contribution in [1.82, 2.24) is 0 Å². The van der Waals surface area contributed by atoms with E-state index < -0.39 is 0 Å². The number of hydrogen-bond acceptors (Lipinski definition) is 2. The largest absolute Gasteiger partial charge is 0.206 e. The molecule has 2 rings (SSSR count). The van der Waals surface area contributed by atoms with Crippen molar-refractivity contribution in [2.24, 2.45) is 0 Å². The molecule has 0 N–H and O–H groups in total. The zero-order valence-corrected chi connectivity index (χ0v) is 9.17. The molecule has 0 aliphatic carbocycles. The summed E-state index contributed by atoms with van der Waals surface area (Å²) in [5.41, 5.74) is 0.924. The second-order valence-corrected chi connectivity index (χ2v) is 4.12. The summed E-state index contributed by atoms with van der Waals surface area (Å²) in [6.07, 6.45) is 1.57. The Morgan fingerprint density at radius 2 is 2.06 bits per heavy atom. The lowest BCUT2D eigenvalue weighted by Gasteiger charge is -1.97. The topological polar surface area (TPSA) is 23.8 Å². The minimum atomic E-state index is -0.313. The molecule has 78 valence electrons. The molecule has 3 heteroatoms. The van der Waals surface area contributed by atoms with E-state index in [4.69, 9.17) is 5.26 Å². The van der Waals surface area contributed by atoms with Gasteiger partial charge in [-0.1, -0.05) is 24.3 Å². The first-order chi connectivity index (χ1) is 7.81. The summed E-state index contributed by atoms with van der Waals surface area (Å²) in [6, 6.07) is 12.2. The van der Waals surface area contributed by atoms with Gasteiger partial charge in [0.1, 0.15) is 11.9 Å². The van der Waals surface area contributed by atoms with Gasteiger partial charge in [-0.15, -0.1) is 11.3 Å². The summed E-state index contributed by atoms with van der Waals surface area (Å²) in [6.45, 7) is 0. The lowest BCUT2D eigenvalue weighted by atomic mass is 10.1. The van der Waals surface area contributed by atoms with Crippen molar-refractivity contribution in [2.75, 3.05) is 0 Å². The van der Waals surface area contributed by atoms with Crippen molar-refractivity contribution < 1.29 is 4.39 Å². The summed E-state index contributed by atoms with van der Waals surface area (Å²) in [7, 11) is 0. The average Bonchev–Trinajstić information content (AvgIpc) is 2.81. The third-order valence-corrected chi connectivity index (χ3v) is 3.02. The average molecular weight is 229 g/mol. The summed E-state index contributed by atoms with van der Waals surface area (Å²) >= 11 is 1.47. The molecule has 0 fully saturated rings. The molecule has 2 aromatic rings. The molecule has 1 aromatic heterocycles. The first-order valence-corrected chi connectivity index (χ1v) is 5.59. The van der Waals surface area contributed by atoms with Gasteiger partial charge in [-0.2, -0.15) is 5.26 Å². The van der Waals surface area contributed by atoms with Crippen LogP contribution in [0.5, 0.6) is 0 Å². The van der Waals surface area contributed by atoms with Gasteiger partial charge in [0.2, 0.25) is 0 Å². The highest BCUT2D eigenvalue weighted by atomic mass is 32.1. The highest BCUT2D eigenvalue weighted by molar-refractivity contribution is 7.11. The molecule has 1 nitrogen and oxygen atoms in total. The fourth-order valence-corrected chi connectivity index (χ4v) is 2.03. The predicted octanol–water partition coefficient (Wildman–Crippen LogP) is 3.95. The van der Waals surface area contributed by atoms with Crippen molar-refractivity contribution >= 4 is 23.0 Å². The van der Waals surface area contributed by atoms with Crippen molar-refractivity contribution in [1.29, 1.82) is 5.26 Å². The normalized spacial score (nSPS) is 11.1. The molecule has 0 amide bonds. The van der Waals surface area contributed by atoms with Crippen molar-refractivity contribution in [3.05, 3.63) is 58.0 Å². The van der Waals surface area contributed by atoms with Crippen LogP contribution < -0.4 is 0 Å². The minimum Gasteiger partial charge on any atom is -0.206 e. The van der Waals surface area contributed by atoms with Gasteiger partial charge in [0.25, 0.3) is 0 Å². The van der Waals surface area contributed by atoms with E-state index in [1.165, 1.54) is 17.4 Å². The highest BCUT2D eigenvalue weighted by Gasteiger charge is 2.03. The molecule has 0 spiro atoms.